The highest BCUT2D eigenvalue weighted by Gasteiger charge is 2.17. The summed E-state index contributed by atoms with van der Waals surface area (Å²) in [7, 11) is -3.50. The van der Waals surface area contributed by atoms with Gasteiger partial charge in [0.1, 0.15) is 0 Å². The summed E-state index contributed by atoms with van der Waals surface area (Å²) in [6, 6.07) is 16.6. The molecule has 0 saturated carbocycles. The number of sulfonamides is 1. The van der Waals surface area contributed by atoms with Crippen molar-refractivity contribution in [2.24, 2.45) is 0 Å². The van der Waals surface area contributed by atoms with E-state index in [-0.39, 0.29) is 6.04 Å². The van der Waals surface area contributed by atoms with Crippen LogP contribution in [0.5, 0.6) is 0 Å². The highest BCUT2D eigenvalue weighted by Crippen LogP contribution is 2.13. The van der Waals surface area contributed by atoms with Crippen molar-refractivity contribution >= 4 is 16.1 Å². The standard InChI is InChI=1S/C19H23NO2S/c1-3-7-18(13-12-17-8-5-4-6-9-17)20-23(21,22)19-14-10-16(2)11-15-19/h4-6,8-15,18,20H,3,7H2,1-2H3/b13-12+. The lowest BCUT2D eigenvalue weighted by molar-refractivity contribution is 0.561. The molecule has 2 aromatic rings. The van der Waals surface area contributed by atoms with Gasteiger partial charge in [0.15, 0.2) is 0 Å². The van der Waals surface area contributed by atoms with E-state index < -0.39 is 10.0 Å². The first kappa shape index (κ1) is 17.4. The third kappa shape index (κ3) is 5.34. The Bertz CT molecular complexity index is 735. The van der Waals surface area contributed by atoms with Crippen LogP contribution in [0.3, 0.4) is 0 Å². The van der Waals surface area contributed by atoms with E-state index in [1.54, 1.807) is 12.1 Å². The van der Waals surface area contributed by atoms with Crippen molar-refractivity contribution < 1.29 is 8.42 Å². The van der Waals surface area contributed by atoms with Gasteiger partial charge in [-0.05, 0) is 31.0 Å². The molecule has 0 fully saturated rings. The molecule has 1 atom stereocenters. The van der Waals surface area contributed by atoms with Gasteiger partial charge >= 0.3 is 0 Å². The molecule has 4 heteroatoms. The molecule has 0 aliphatic rings. The Morgan fingerprint density at radius 1 is 1.04 bits per heavy atom. The van der Waals surface area contributed by atoms with E-state index in [1.165, 1.54) is 0 Å². The lowest BCUT2D eigenvalue weighted by atomic mass is 10.1. The summed E-state index contributed by atoms with van der Waals surface area (Å²) < 4.78 is 27.8. The molecular weight excluding hydrogens is 306 g/mol. The van der Waals surface area contributed by atoms with Crippen molar-refractivity contribution in [3.63, 3.8) is 0 Å². The Morgan fingerprint density at radius 3 is 2.30 bits per heavy atom. The van der Waals surface area contributed by atoms with Crippen molar-refractivity contribution in [3.8, 4) is 0 Å². The predicted octanol–water partition coefficient (Wildman–Crippen LogP) is 4.16. The second-order valence-electron chi connectivity index (χ2n) is 5.60. The van der Waals surface area contributed by atoms with Gasteiger partial charge in [-0.25, -0.2) is 13.1 Å². The molecule has 0 saturated heterocycles. The fraction of sp³-hybridized carbons (Fsp3) is 0.263. The summed E-state index contributed by atoms with van der Waals surface area (Å²) in [5, 5.41) is 0. The molecule has 0 aromatic heterocycles. The summed E-state index contributed by atoms with van der Waals surface area (Å²) in [5.74, 6) is 0. The average Bonchev–Trinajstić information content (AvgIpc) is 2.54. The number of aryl methyl sites for hydroxylation is 1. The van der Waals surface area contributed by atoms with Crippen LogP contribution in [-0.4, -0.2) is 14.5 Å². The van der Waals surface area contributed by atoms with Crippen LogP contribution in [0.25, 0.3) is 6.08 Å². The lowest BCUT2D eigenvalue weighted by Gasteiger charge is -2.15. The minimum atomic E-state index is -3.50. The molecule has 0 spiro atoms. The maximum absolute atomic E-state index is 12.5. The lowest BCUT2D eigenvalue weighted by Crippen LogP contribution is -2.33. The van der Waals surface area contributed by atoms with Gasteiger partial charge in [0.05, 0.1) is 4.90 Å². The van der Waals surface area contributed by atoms with Crippen molar-refractivity contribution in [3.05, 3.63) is 71.8 Å². The molecule has 122 valence electrons. The molecule has 0 amide bonds. The first-order chi connectivity index (χ1) is 11.0. The quantitative estimate of drug-likeness (QED) is 0.829. The van der Waals surface area contributed by atoms with Crippen LogP contribution in [0, 0.1) is 6.92 Å². The summed E-state index contributed by atoms with van der Waals surface area (Å²) in [5.41, 5.74) is 2.10. The van der Waals surface area contributed by atoms with Crippen molar-refractivity contribution in [2.75, 3.05) is 0 Å². The van der Waals surface area contributed by atoms with Gasteiger partial charge in [0.25, 0.3) is 0 Å². The third-order valence-electron chi connectivity index (χ3n) is 3.56. The van der Waals surface area contributed by atoms with Gasteiger partial charge in [0.2, 0.25) is 10.0 Å². The second kappa shape index (κ2) is 8.09. The molecule has 0 radical (unpaired) electrons. The Labute approximate surface area is 139 Å². The van der Waals surface area contributed by atoms with Crippen LogP contribution in [-0.2, 0) is 10.0 Å². The molecule has 1 unspecified atom stereocenters. The summed E-state index contributed by atoms with van der Waals surface area (Å²) >= 11 is 0. The summed E-state index contributed by atoms with van der Waals surface area (Å²) in [6.45, 7) is 3.98. The molecule has 0 aliphatic carbocycles. The molecule has 23 heavy (non-hydrogen) atoms. The van der Waals surface area contributed by atoms with E-state index in [4.69, 9.17) is 0 Å². The van der Waals surface area contributed by atoms with Crippen molar-refractivity contribution in [2.45, 2.75) is 37.6 Å². The topological polar surface area (TPSA) is 46.2 Å². The van der Waals surface area contributed by atoms with Crippen LogP contribution in [0.2, 0.25) is 0 Å². The maximum atomic E-state index is 12.5. The zero-order chi connectivity index (χ0) is 16.7. The molecule has 0 heterocycles. The zero-order valence-corrected chi connectivity index (χ0v) is 14.4. The zero-order valence-electron chi connectivity index (χ0n) is 13.6. The fourth-order valence-electron chi connectivity index (χ4n) is 2.28. The van der Waals surface area contributed by atoms with E-state index >= 15 is 0 Å². The van der Waals surface area contributed by atoms with Crippen LogP contribution < -0.4 is 4.72 Å². The molecule has 2 aromatic carbocycles. The van der Waals surface area contributed by atoms with Crippen LogP contribution >= 0.6 is 0 Å². The number of benzene rings is 2. The molecule has 1 N–H and O–H groups in total. The Hall–Kier alpha value is -1.91. The molecule has 0 bridgehead atoms. The maximum Gasteiger partial charge on any atom is 0.241 e. The van der Waals surface area contributed by atoms with Gasteiger partial charge in [0, 0.05) is 6.04 Å². The average molecular weight is 329 g/mol. The Balaban J connectivity index is 2.15. The molecule has 2 rings (SSSR count). The largest absolute Gasteiger partial charge is 0.241 e. The van der Waals surface area contributed by atoms with Gasteiger partial charge in [-0.2, -0.15) is 0 Å². The van der Waals surface area contributed by atoms with Crippen LogP contribution in [0.1, 0.15) is 30.9 Å². The minimum absolute atomic E-state index is 0.216. The van der Waals surface area contributed by atoms with Crippen molar-refractivity contribution in [1.29, 1.82) is 0 Å². The van der Waals surface area contributed by atoms with Gasteiger partial charge < -0.3 is 0 Å². The predicted molar refractivity (Wildman–Crippen MR) is 95.7 cm³/mol. The summed E-state index contributed by atoms with van der Waals surface area (Å²) in [6.07, 6.45) is 5.54. The first-order valence-corrected chi connectivity index (χ1v) is 9.32. The van der Waals surface area contributed by atoms with Crippen molar-refractivity contribution in [1.82, 2.24) is 4.72 Å². The van der Waals surface area contributed by atoms with Gasteiger partial charge in [-0.15, -0.1) is 0 Å². The SMILES string of the molecule is CCCC(/C=C/c1ccccc1)NS(=O)(=O)c1ccc(C)cc1. The highest BCUT2D eigenvalue weighted by molar-refractivity contribution is 7.89. The van der Waals surface area contributed by atoms with Crippen LogP contribution in [0.15, 0.2) is 65.6 Å². The number of hydrogen-bond acceptors (Lipinski definition) is 2. The van der Waals surface area contributed by atoms with E-state index in [9.17, 15) is 8.42 Å². The van der Waals surface area contributed by atoms with E-state index in [2.05, 4.69) is 4.72 Å². The van der Waals surface area contributed by atoms with E-state index in [0.29, 0.717) is 4.90 Å². The van der Waals surface area contributed by atoms with E-state index in [1.807, 2.05) is 68.5 Å². The second-order valence-corrected chi connectivity index (χ2v) is 7.31. The fourth-order valence-corrected chi connectivity index (χ4v) is 3.51. The Kier molecular flexibility index (Phi) is 6.13. The number of hydrogen-bond donors (Lipinski definition) is 1. The Morgan fingerprint density at radius 2 is 1.70 bits per heavy atom. The third-order valence-corrected chi connectivity index (χ3v) is 5.06. The summed E-state index contributed by atoms with van der Waals surface area (Å²) in [4.78, 5) is 0.303. The molecular formula is C19H23NO2S. The van der Waals surface area contributed by atoms with E-state index in [0.717, 1.165) is 24.0 Å². The first-order valence-electron chi connectivity index (χ1n) is 7.83. The van der Waals surface area contributed by atoms with Gasteiger partial charge in [-0.3, -0.25) is 0 Å². The minimum Gasteiger partial charge on any atom is -0.207 e. The number of nitrogens with one attached hydrogen (secondary N) is 1. The van der Waals surface area contributed by atoms with Crippen LogP contribution in [0.4, 0.5) is 0 Å². The normalized spacial score (nSPS) is 13.3. The smallest absolute Gasteiger partial charge is 0.207 e. The highest BCUT2D eigenvalue weighted by atomic mass is 32.2. The van der Waals surface area contributed by atoms with Gasteiger partial charge in [-0.1, -0.05) is 73.5 Å². The number of rotatable bonds is 7. The monoisotopic (exact) mass is 329 g/mol. The molecule has 3 nitrogen and oxygen atoms in total. The molecule has 0 aliphatic heterocycles.